The first-order valence-electron chi connectivity index (χ1n) is 13.4. The Morgan fingerprint density at radius 2 is 1.34 bits per heavy atom. The van der Waals surface area contributed by atoms with Gasteiger partial charge in [0, 0.05) is 6.42 Å². The van der Waals surface area contributed by atoms with Crippen molar-refractivity contribution in [1.82, 2.24) is 0 Å². The lowest BCUT2D eigenvalue weighted by atomic mass is 10.0. The van der Waals surface area contributed by atoms with E-state index < -0.39 is 33.2 Å². The normalized spacial score (nSPS) is 15.6. The summed E-state index contributed by atoms with van der Waals surface area (Å²) in [5.41, 5.74) is 0. The third kappa shape index (κ3) is 21.4. The molecule has 0 radical (unpaired) electrons. The number of ketones is 1. The van der Waals surface area contributed by atoms with Gasteiger partial charge < -0.3 is 23.5 Å². The minimum atomic E-state index is -4.83. The van der Waals surface area contributed by atoms with Crippen LogP contribution in [-0.2, 0) is 23.3 Å². The summed E-state index contributed by atoms with van der Waals surface area (Å²) in [6, 6.07) is 0. The zero-order valence-corrected chi connectivity index (χ0v) is 23.5. The molecular weight excluding hydrogens is 473 g/mol. The van der Waals surface area contributed by atoms with Crippen molar-refractivity contribution < 1.29 is 43.0 Å². The van der Waals surface area contributed by atoms with Gasteiger partial charge in [-0.25, -0.2) is 4.89 Å². The molecule has 10 heteroatoms. The molecule has 9 nitrogen and oxygen atoms in total. The highest BCUT2D eigenvalue weighted by Crippen LogP contribution is 2.40. The molecule has 2 unspecified atom stereocenters. The van der Waals surface area contributed by atoms with Crippen LogP contribution in [-0.4, -0.2) is 73.7 Å². The quantitative estimate of drug-likeness (QED) is 0.0569. The molecule has 0 aromatic heterocycles. The number of phosphoric ester groups is 1. The molecule has 0 spiro atoms. The molecule has 0 rings (SSSR count). The van der Waals surface area contributed by atoms with Gasteiger partial charge in [0.05, 0.1) is 34.4 Å². The Morgan fingerprint density at radius 1 is 0.886 bits per heavy atom. The predicted molar refractivity (Wildman–Crippen MR) is 136 cm³/mol. The molecule has 0 aliphatic carbocycles. The van der Waals surface area contributed by atoms with E-state index in [1.807, 2.05) is 21.1 Å². The van der Waals surface area contributed by atoms with Crippen molar-refractivity contribution in [3.63, 3.8) is 0 Å². The minimum absolute atomic E-state index is 0.174. The first kappa shape index (κ1) is 34.6. The fraction of sp³-hybridized carbons (Fsp3) is 0.960. The van der Waals surface area contributed by atoms with E-state index in [0.29, 0.717) is 10.9 Å². The van der Waals surface area contributed by atoms with Crippen LogP contribution >= 0.6 is 7.82 Å². The number of nitrogens with zero attached hydrogens (tertiary/aromatic N) is 1. The number of Topliss-reactive ketones (excluding diaryl/α,β-unsaturated/α-hetero) is 1. The SMILES string of the molecule is CCCCCCCCCCCCCCCCC(=O)C(C[N+](C)(C)C)OP(=O)([O-])OC[C@@H](CO)OO. The molecule has 0 aromatic carbocycles. The number of rotatable bonds is 25. The second-order valence-corrected chi connectivity index (χ2v) is 11.9. The number of aliphatic hydroxyl groups is 1. The fourth-order valence-corrected chi connectivity index (χ4v) is 4.73. The van der Waals surface area contributed by atoms with E-state index in [2.05, 4.69) is 16.3 Å². The van der Waals surface area contributed by atoms with Crippen LogP contribution in [0, 0.1) is 0 Å². The van der Waals surface area contributed by atoms with Crippen LogP contribution in [0.15, 0.2) is 0 Å². The van der Waals surface area contributed by atoms with Gasteiger partial charge in [-0.3, -0.25) is 14.6 Å². The third-order valence-electron chi connectivity index (χ3n) is 5.88. The zero-order chi connectivity index (χ0) is 26.6. The van der Waals surface area contributed by atoms with Gasteiger partial charge in [0.1, 0.15) is 12.6 Å². The number of likely N-dealkylation sites (N-methyl/N-ethyl adjacent to an activating group) is 1. The van der Waals surface area contributed by atoms with Crippen LogP contribution in [0.1, 0.15) is 103 Å². The number of unbranched alkanes of at least 4 members (excludes halogenated alkanes) is 13. The van der Waals surface area contributed by atoms with Crippen molar-refractivity contribution in [2.75, 3.05) is 40.9 Å². The maximum atomic E-state index is 12.7. The van der Waals surface area contributed by atoms with Crippen molar-refractivity contribution in [3.8, 4) is 0 Å². The molecule has 0 heterocycles. The molecule has 0 fully saturated rings. The second-order valence-electron chi connectivity index (χ2n) is 10.5. The highest BCUT2D eigenvalue weighted by atomic mass is 31.2. The van der Waals surface area contributed by atoms with E-state index in [1.165, 1.54) is 64.2 Å². The van der Waals surface area contributed by atoms with Crippen LogP contribution in [0.3, 0.4) is 0 Å². The molecule has 2 N–H and O–H groups in total. The standard InChI is InChI=1S/C25H52NO8P/c1-5-6-7-8-9-10-11-12-13-14-15-16-17-18-19-24(28)25(20-26(2,3)4)34-35(30,31)32-22-23(21-27)33-29/h23,25,27H,5-22H2,1-4H3,(H-,29,30,31)/t23-,25?/m1/s1. The number of aliphatic hydroxyl groups excluding tert-OH is 1. The number of hydrogen-bond donors (Lipinski definition) is 2. The summed E-state index contributed by atoms with van der Waals surface area (Å²) in [7, 11) is 0.699. The van der Waals surface area contributed by atoms with E-state index in [1.54, 1.807) is 0 Å². The highest BCUT2D eigenvalue weighted by Gasteiger charge is 2.30. The van der Waals surface area contributed by atoms with Crippen LogP contribution < -0.4 is 4.89 Å². The minimum Gasteiger partial charge on any atom is -0.756 e. The van der Waals surface area contributed by atoms with E-state index >= 15 is 0 Å². The summed E-state index contributed by atoms with van der Waals surface area (Å²) in [6.07, 6.45) is 15.0. The molecular formula is C25H52NO8P. The largest absolute Gasteiger partial charge is 0.756 e. The van der Waals surface area contributed by atoms with Crippen molar-refractivity contribution in [1.29, 1.82) is 0 Å². The van der Waals surface area contributed by atoms with Gasteiger partial charge in [-0.05, 0) is 6.42 Å². The summed E-state index contributed by atoms with van der Waals surface area (Å²) in [4.78, 5) is 28.8. The number of phosphoric acid groups is 1. The molecule has 0 aliphatic rings. The number of carbonyl (C=O) groups is 1. The van der Waals surface area contributed by atoms with Gasteiger partial charge in [-0.2, -0.15) is 0 Å². The number of carbonyl (C=O) groups excluding carboxylic acids is 1. The monoisotopic (exact) mass is 525 g/mol. The van der Waals surface area contributed by atoms with Gasteiger partial charge in [0.15, 0.2) is 11.9 Å². The summed E-state index contributed by atoms with van der Waals surface area (Å²) >= 11 is 0. The van der Waals surface area contributed by atoms with E-state index in [-0.39, 0.29) is 18.7 Å². The Labute approximate surface area is 213 Å². The molecule has 210 valence electrons. The van der Waals surface area contributed by atoms with Crippen molar-refractivity contribution in [3.05, 3.63) is 0 Å². The third-order valence-corrected chi connectivity index (χ3v) is 6.85. The molecule has 0 amide bonds. The highest BCUT2D eigenvalue weighted by molar-refractivity contribution is 7.45. The first-order chi connectivity index (χ1) is 16.5. The van der Waals surface area contributed by atoms with Gasteiger partial charge in [0.25, 0.3) is 7.82 Å². The van der Waals surface area contributed by atoms with Gasteiger partial charge in [-0.15, -0.1) is 0 Å². The van der Waals surface area contributed by atoms with E-state index in [9.17, 15) is 14.3 Å². The average Bonchev–Trinajstić information content (AvgIpc) is 2.78. The van der Waals surface area contributed by atoms with Gasteiger partial charge in [0.2, 0.25) is 0 Å². The van der Waals surface area contributed by atoms with Crippen molar-refractivity contribution in [2.45, 2.75) is 115 Å². The lowest BCUT2D eigenvalue weighted by molar-refractivity contribution is -0.872. The Hall–Kier alpha value is -0.380. The Balaban J connectivity index is 4.17. The maximum absolute atomic E-state index is 12.7. The van der Waals surface area contributed by atoms with Crippen LogP contribution in [0.2, 0.25) is 0 Å². The number of hydrogen-bond acceptors (Lipinski definition) is 8. The molecule has 0 saturated carbocycles. The summed E-state index contributed by atoms with van der Waals surface area (Å²) in [6.45, 7) is 1.18. The molecule has 0 aliphatic heterocycles. The summed E-state index contributed by atoms with van der Waals surface area (Å²) in [5, 5.41) is 17.5. The predicted octanol–water partition coefficient (Wildman–Crippen LogP) is 4.85. The Morgan fingerprint density at radius 3 is 1.74 bits per heavy atom. The number of quaternary nitrogens is 1. The Bertz CT molecular complexity index is 566. The lowest BCUT2D eigenvalue weighted by Gasteiger charge is -2.32. The van der Waals surface area contributed by atoms with E-state index in [4.69, 9.17) is 14.9 Å². The van der Waals surface area contributed by atoms with E-state index in [0.717, 1.165) is 19.3 Å². The molecule has 0 bridgehead atoms. The smallest absolute Gasteiger partial charge is 0.268 e. The summed E-state index contributed by atoms with van der Waals surface area (Å²) < 4.78 is 22.3. The maximum Gasteiger partial charge on any atom is 0.268 e. The van der Waals surface area contributed by atoms with Gasteiger partial charge >= 0.3 is 0 Å². The second kappa shape index (κ2) is 20.7. The van der Waals surface area contributed by atoms with Crippen molar-refractivity contribution >= 4 is 13.6 Å². The average molecular weight is 526 g/mol. The van der Waals surface area contributed by atoms with Crippen LogP contribution in [0.5, 0.6) is 0 Å². The molecule has 0 aromatic rings. The first-order valence-corrected chi connectivity index (χ1v) is 14.9. The molecule has 0 saturated heterocycles. The Kier molecular flexibility index (Phi) is 20.4. The van der Waals surface area contributed by atoms with Crippen LogP contribution in [0.25, 0.3) is 0 Å². The van der Waals surface area contributed by atoms with Crippen LogP contribution in [0.4, 0.5) is 0 Å². The zero-order valence-electron chi connectivity index (χ0n) is 22.6. The van der Waals surface area contributed by atoms with Crippen molar-refractivity contribution in [2.24, 2.45) is 0 Å². The lowest BCUT2D eigenvalue weighted by Crippen LogP contribution is -2.45. The fourth-order valence-electron chi connectivity index (χ4n) is 3.82. The summed E-state index contributed by atoms with van der Waals surface area (Å²) in [5.74, 6) is -0.270. The molecule has 35 heavy (non-hydrogen) atoms. The topological polar surface area (TPSA) is 125 Å². The van der Waals surface area contributed by atoms with Gasteiger partial charge in [-0.1, -0.05) is 90.4 Å². The molecule has 3 atom stereocenters.